The smallest absolute Gasteiger partial charge is 0.314 e. The first kappa shape index (κ1) is 12.6. The lowest BCUT2D eigenvalue weighted by atomic mass is 10.1. The first-order valence-corrected chi connectivity index (χ1v) is 7.40. The Bertz CT molecular complexity index is 719. The zero-order valence-electron chi connectivity index (χ0n) is 9.64. The SMILES string of the molecule is Cn1c2c(sc1=O)C1CN(C2)C(=O)N1OS(=O)(=O)O. The van der Waals surface area contributed by atoms with Gasteiger partial charge in [0.25, 0.3) is 0 Å². The fraction of sp³-hybridized carbons (Fsp3) is 0.500. The van der Waals surface area contributed by atoms with Gasteiger partial charge in [0.2, 0.25) is 0 Å². The van der Waals surface area contributed by atoms with Crippen molar-refractivity contribution in [2.75, 3.05) is 6.54 Å². The first-order valence-electron chi connectivity index (χ1n) is 5.21. The van der Waals surface area contributed by atoms with Crippen molar-refractivity contribution in [2.45, 2.75) is 12.6 Å². The van der Waals surface area contributed by atoms with Gasteiger partial charge < -0.3 is 9.47 Å². The fourth-order valence-corrected chi connectivity index (χ4v) is 3.69. The second kappa shape index (κ2) is 3.79. The van der Waals surface area contributed by atoms with Gasteiger partial charge in [0.15, 0.2) is 0 Å². The molecule has 0 aromatic carbocycles. The highest BCUT2D eigenvalue weighted by Crippen LogP contribution is 2.39. The molecule has 1 N–H and O–H groups in total. The molecule has 9 nitrogen and oxygen atoms in total. The van der Waals surface area contributed by atoms with Crippen LogP contribution in [0.1, 0.15) is 16.6 Å². The van der Waals surface area contributed by atoms with E-state index in [1.165, 1.54) is 9.47 Å². The number of aromatic nitrogens is 1. The van der Waals surface area contributed by atoms with Crippen LogP contribution in [-0.4, -0.2) is 40.1 Å². The van der Waals surface area contributed by atoms with Crippen molar-refractivity contribution < 1.29 is 22.0 Å². The lowest BCUT2D eigenvalue weighted by molar-refractivity contribution is -0.0308. The van der Waals surface area contributed by atoms with E-state index < -0.39 is 22.5 Å². The van der Waals surface area contributed by atoms with Gasteiger partial charge in [-0.2, -0.15) is 13.5 Å². The van der Waals surface area contributed by atoms with Gasteiger partial charge in [-0.25, -0.2) is 4.79 Å². The Morgan fingerprint density at radius 3 is 2.74 bits per heavy atom. The first-order chi connectivity index (χ1) is 8.78. The van der Waals surface area contributed by atoms with Crippen molar-refractivity contribution in [1.82, 2.24) is 14.5 Å². The summed E-state index contributed by atoms with van der Waals surface area (Å²) in [5.41, 5.74) is 0.654. The number of carbonyl (C=O) groups excluding carboxylic acids is 1. The number of carbonyl (C=O) groups is 1. The van der Waals surface area contributed by atoms with Crippen LogP contribution in [-0.2, 0) is 28.3 Å². The third-order valence-corrected chi connectivity index (χ3v) is 4.64. The Morgan fingerprint density at radius 1 is 1.42 bits per heavy atom. The summed E-state index contributed by atoms with van der Waals surface area (Å²) in [6, 6.07) is -1.35. The summed E-state index contributed by atoms with van der Waals surface area (Å²) >= 11 is 0.938. The number of fused-ring (bicyclic) bond motifs is 4. The van der Waals surface area contributed by atoms with Crippen molar-refractivity contribution in [1.29, 1.82) is 0 Å². The molecule has 0 radical (unpaired) electrons. The maximum absolute atomic E-state index is 11.9. The number of hydrogen-bond acceptors (Lipinski definition) is 6. The summed E-state index contributed by atoms with van der Waals surface area (Å²) in [5.74, 6) is 0. The maximum Gasteiger partial charge on any atom is 0.418 e. The number of nitrogens with zero attached hydrogens (tertiary/aromatic N) is 3. The van der Waals surface area contributed by atoms with E-state index in [4.69, 9.17) is 4.55 Å². The average Bonchev–Trinajstić information content (AvgIpc) is 2.71. The molecule has 1 aromatic rings. The molecule has 1 fully saturated rings. The molecule has 11 heteroatoms. The van der Waals surface area contributed by atoms with Gasteiger partial charge in [0, 0.05) is 7.05 Å². The van der Waals surface area contributed by atoms with E-state index in [0.29, 0.717) is 15.6 Å². The minimum Gasteiger partial charge on any atom is -0.314 e. The summed E-state index contributed by atoms with van der Waals surface area (Å²) in [6.07, 6.45) is 0. The summed E-state index contributed by atoms with van der Waals surface area (Å²) in [6.45, 7) is 0.437. The quantitative estimate of drug-likeness (QED) is 0.736. The van der Waals surface area contributed by atoms with Gasteiger partial charge >= 0.3 is 21.3 Å². The molecule has 3 heterocycles. The lowest BCUT2D eigenvalue weighted by Crippen LogP contribution is -2.32. The molecule has 1 unspecified atom stereocenters. The molecule has 0 aliphatic carbocycles. The van der Waals surface area contributed by atoms with Crippen molar-refractivity contribution in [3.8, 4) is 0 Å². The zero-order valence-corrected chi connectivity index (χ0v) is 11.3. The normalized spacial score (nSPS) is 22.0. The van der Waals surface area contributed by atoms with Crippen molar-refractivity contribution in [3.63, 3.8) is 0 Å². The van der Waals surface area contributed by atoms with Crippen molar-refractivity contribution in [2.24, 2.45) is 7.05 Å². The predicted molar refractivity (Wildman–Crippen MR) is 62.6 cm³/mol. The number of thiazole rings is 1. The van der Waals surface area contributed by atoms with Gasteiger partial charge in [-0.1, -0.05) is 11.3 Å². The van der Waals surface area contributed by atoms with Crippen LogP contribution in [0.4, 0.5) is 4.79 Å². The monoisotopic (exact) mass is 307 g/mol. The molecular formula is C8H9N3O6S2. The Hall–Kier alpha value is -1.43. The van der Waals surface area contributed by atoms with Crippen LogP contribution in [0, 0.1) is 0 Å². The highest BCUT2D eigenvalue weighted by atomic mass is 32.3. The maximum atomic E-state index is 11.9. The van der Waals surface area contributed by atoms with Crippen LogP contribution in [0.5, 0.6) is 0 Å². The minimum absolute atomic E-state index is 0.196. The summed E-state index contributed by atoms with van der Waals surface area (Å²) in [7, 11) is -3.20. The molecule has 3 rings (SSSR count). The molecule has 1 saturated heterocycles. The van der Waals surface area contributed by atoms with Crippen LogP contribution < -0.4 is 4.87 Å². The van der Waals surface area contributed by atoms with Crippen molar-refractivity contribution >= 4 is 27.8 Å². The lowest BCUT2D eigenvalue weighted by Gasteiger charge is -2.21. The molecule has 1 aromatic heterocycles. The molecule has 2 aliphatic rings. The second-order valence-electron chi connectivity index (χ2n) is 4.24. The van der Waals surface area contributed by atoms with E-state index in [0.717, 1.165) is 11.3 Å². The second-order valence-corrected chi connectivity index (χ2v) is 6.24. The molecule has 104 valence electrons. The zero-order chi connectivity index (χ0) is 13.9. The molecule has 1 atom stereocenters. The molecule has 0 saturated carbocycles. The topological polar surface area (TPSA) is 109 Å². The van der Waals surface area contributed by atoms with E-state index in [-0.39, 0.29) is 18.0 Å². The summed E-state index contributed by atoms with van der Waals surface area (Å²) in [4.78, 5) is 25.2. The van der Waals surface area contributed by atoms with Gasteiger partial charge in [-0.05, 0) is 0 Å². The standard InChI is InChI=1S/C8H9N3O6S2/c1-9-4-2-10-3-5(6(4)18-8(9)13)11(7(10)12)17-19(14,15)16/h5H,2-3H2,1H3,(H,14,15,16). The Morgan fingerprint density at radius 2 is 2.11 bits per heavy atom. The number of hydrogen-bond donors (Lipinski definition) is 1. The highest BCUT2D eigenvalue weighted by Gasteiger charge is 2.47. The highest BCUT2D eigenvalue weighted by molar-refractivity contribution is 7.80. The van der Waals surface area contributed by atoms with Crippen LogP contribution in [0.2, 0.25) is 0 Å². The summed E-state index contributed by atoms with van der Waals surface area (Å²) < 4.78 is 35.9. The fourth-order valence-electron chi connectivity index (χ4n) is 2.26. The molecule has 2 bridgehead atoms. The van der Waals surface area contributed by atoms with E-state index in [1.807, 2.05) is 0 Å². The third-order valence-electron chi connectivity index (χ3n) is 3.11. The summed E-state index contributed by atoms with van der Waals surface area (Å²) in [5, 5.41) is 0.594. The third kappa shape index (κ3) is 1.85. The van der Waals surface area contributed by atoms with Crippen LogP contribution >= 0.6 is 11.3 Å². The van der Waals surface area contributed by atoms with Crippen LogP contribution in [0.3, 0.4) is 0 Å². The Labute approximate surface area is 111 Å². The van der Waals surface area contributed by atoms with Crippen molar-refractivity contribution in [3.05, 3.63) is 20.2 Å². The Balaban J connectivity index is 2.07. The minimum atomic E-state index is -4.79. The van der Waals surface area contributed by atoms with Gasteiger partial charge in [0.05, 0.1) is 23.7 Å². The van der Waals surface area contributed by atoms with E-state index in [1.54, 1.807) is 7.05 Å². The molecule has 2 amide bonds. The molecule has 0 spiro atoms. The average molecular weight is 307 g/mol. The largest absolute Gasteiger partial charge is 0.418 e. The molecule has 19 heavy (non-hydrogen) atoms. The molecular weight excluding hydrogens is 298 g/mol. The van der Waals surface area contributed by atoms with Crippen LogP contribution in [0.15, 0.2) is 4.79 Å². The van der Waals surface area contributed by atoms with Gasteiger partial charge in [-0.3, -0.25) is 9.35 Å². The molecule has 2 aliphatic heterocycles. The number of hydroxylamine groups is 2. The van der Waals surface area contributed by atoms with E-state index in [2.05, 4.69) is 4.28 Å². The van der Waals surface area contributed by atoms with E-state index in [9.17, 15) is 18.0 Å². The number of amides is 2. The number of urea groups is 1. The van der Waals surface area contributed by atoms with Gasteiger partial charge in [-0.15, -0.1) is 4.28 Å². The Kier molecular flexibility index (Phi) is 2.51. The van der Waals surface area contributed by atoms with Crippen LogP contribution in [0.25, 0.3) is 0 Å². The predicted octanol–water partition coefficient (Wildman–Crippen LogP) is -0.526. The number of rotatable bonds is 2. The van der Waals surface area contributed by atoms with Gasteiger partial charge in [0.1, 0.15) is 6.04 Å². The van der Waals surface area contributed by atoms with E-state index >= 15 is 0 Å².